The van der Waals surface area contributed by atoms with Crippen LogP contribution >= 0.6 is 0 Å². The third-order valence-corrected chi connectivity index (χ3v) is 3.91. The highest BCUT2D eigenvalue weighted by molar-refractivity contribution is 5.96. The predicted octanol–water partition coefficient (Wildman–Crippen LogP) is 2.99. The Morgan fingerprint density at radius 2 is 1.31 bits per heavy atom. The number of carbonyl (C=O) groups excluding carboxylic acids is 4. The van der Waals surface area contributed by atoms with E-state index >= 15 is 0 Å². The molecule has 0 aliphatic carbocycles. The van der Waals surface area contributed by atoms with E-state index in [9.17, 15) is 19.2 Å². The third kappa shape index (κ3) is 7.10. The Bertz CT molecular complexity index is 909. The summed E-state index contributed by atoms with van der Waals surface area (Å²) in [5.74, 6) is -0.840. The van der Waals surface area contributed by atoms with E-state index in [1.54, 1.807) is 48.5 Å². The molecule has 0 fully saturated rings. The summed E-state index contributed by atoms with van der Waals surface area (Å²) in [5, 5.41) is 8.08. The number of amides is 4. The molecule has 0 bridgehead atoms. The zero-order valence-corrected chi connectivity index (χ0v) is 16.6. The van der Waals surface area contributed by atoms with Crippen molar-refractivity contribution >= 4 is 46.4 Å². The van der Waals surface area contributed by atoms with Gasteiger partial charge in [-0.25, -0.2) is 0 Å². The Labute approximate surface area is 169 Å². The summed E-state index contributed by atoms with van der Waals surface area (Å²) >= 11 is 0. The maximum absolute atomic E-state index is 12.3. The molecule has 0 aliphatic heterocycles. The minimum Gasteiger partial charge on any atom is -0.326 e. The second kappa shape index (κ2) is 10.0. The molecule has 29 heavy (non-hydrogen) atoms. The zero-order valence-electron chi connectivity index (χ0n) is 16.6. The number of hydrogen-bond donors (Lipinski definition) is 3. The second-order valence-electron chi connectivity index (χ2n) is 6.46. The molecular weight excluding hydrogens is 372 g/mol. The van der Waals surface area contributed by atoms with Crippen molar-refractivity contribution in [2.45, 2.75) is 27.2 Å². The van der Waals surface area contributed by atoms with Crippen molar-refractivity contribution in [1.29, 1.82) is 0 Å². The van der Waals surface area contributed by atoms with Crippen LogP contribution in [0.2, 0.25) is 0 Å². The van der Waals surface area contributed by atoms with Gasteiger partial charge in [0.1, 0.15) is 0 Å². The van der Waals surface area contributed by atoms with Crippen molar-refractivity contribution in [3.63, 3.8) is 0 Å². The van der Waals surface area contributed by atoms with Gasteiger partial charge in [-0.2, -0.15) is 0 Å². The Kier molecular flexibility index (Phi) is 7.47. The summed E-state index contributed by atoms with van der Waals surface area (Å²) in [7, 11) is 0. The topological polar surface area (TPSA) is 108 Å². The molecule has 2 aromatic carbocycles. The number of hydrogen-bond acceptors (Lipinski definition) is 4. The first-order valence-electron chi connectivity index (χ1n) is 9.08. The SMILES string of the molecule is CC(=O)Nc1ccc(NC(=O)CCN(C(C)=O)c2cccc(NC(C)=O)c2)cc1. The van der Waals surface area contributed by atoms with E-state index in [-0.39, 0.29) is 36.6 Å². The highest BCUT2D eigenvalue weighted by Crippen LogP contribution is 2.20. The standard InChI is InChI=1S/C21H24N4O4/c1-14(26)22-17-7-9-18(10-8-17)24-21(29)11-12-25(16(3)28)20-6-4-5-19(13-20)23-15(2)27/h4-10,13H,11-12H2,1-3H3,(H,22,26)(H,23,27)(H,24,29). The monoisotopic (exact) mass is 396 g/mol. The maximum atomic E-state index is 12.3. The highest BCUT2D eigenvalue weighted by atomic mass is 16.2. The van der Waals surface area contributed by atoms with Crippen LogP contribution in [-0.2, 0) is 19.2 Å². The first kappa shape index (κ1) is 21.6. The molecule has 0 saturated heterocycles. The maximum Gasteiger partial charge on any atom is 0.226 e. The minimum atomic E-state index is -0.249. The molecule has 0 spiro atoms. The van der Waals surface area contributed by atoms with Gasteiger partial charge in [-0.15, -0.1) is 0 Å². The van der Waals surface area contributed by atoms with Crippen LogP contribution in [0.5, 0.6) is 0 Å². The van der Waals surface area contributed by atoms with Gasteiger partial charge in [-0.05, 0) is 42.5 Å². The highest BCUT2D eigenvalue weighted by Gasteiger charge is 2.14. The molecule has 3 N–H and O–H groups in total. The lowest BCUT2D eigenvalue weighted by Crippen LogP contribution is -2.32. The molecule has 0 saturated carbocycles. The van der Waals surface area contributed by atoms with Gasteiger partial charge >= 0.3 is 0 Å². The number of carbonyl (C=O) groups is 4. The van der Waals surface area contributed by atoms with Gasteiger partial charge in [0.05, 0.1) is 0 Å². The molecule has 4 amide bonds. The average Bonchev–Trinajstić information content (AvgIpc) is 2.62. The van der Waals surface area contributed by atoms with Crippen LogP contribution in [0.25, 0.3) is 0 Å². The van der Waals surface area contributed by atoms with Gasteiger partial charge in [-0.3, -0.25) is 19.2 Å². The Morgan fingerprint density at radius 1 is 0.759 bits per heavy atom. The van der Waals surface area contributed by atoms with Gasteiger partial charge in [0.25, 0.3) is 0 Å². The van der Waals surface area contributed by atoms with Gasteiger partial charge in [0.2, 0.25) is 23.6 Å². The smallest absolute Gasteiger partial charge is 0.226 e. The van der Waals surface area contributed by atoms with E-state index in [0.29, 0.717) is 22.7 Å². The van der Waals surface area contributed by atoms with Gasteiger partial charge in [0, 0.05) is 56.5 Å². The summed E-state index contributed by atoms with van der Waals surface area (Å²) in [6.07, 6.45) is 0.0946. The fourth-order valence-electron chi connectivity index (χ4n) is 2.70. The first-order valence-corrected chi connectivity index (χ1v) is 9.08. The van der Waals surface area contributed by atoms with E-state index in [4.69, 9.17) is 0 Å². The van der Waals surface area contributed by atoms with Gasteiger partial charge in [0.15, 0.2) is 0 Å². The van der Waals surface area contributed by atoms with Crippen molar-refractivity contribution in [3.8, 4) is 0 Å². The quantitative estimate of drug-likeness (QED) is 0.669. The number of benzene rings is 2. The second-order valence-corrected chi connectivity index (χ2v) is 6.46. The van der Waals surface area contributed by atoms with Crippen molar-refractivity contribution in [2.75, 3.05) is 27.4 Å². The van der Waals surface area contributed by atoms with Gasteiger partial charge in [-0.1, -0.05) is 6.07 Å². The Balaban J connectivity index is 1.98. The van der Waals surface area contributed by atoms with E-state index < -0.39 is 0 Å². The summed E-state index contributed by atoms with van der Waals surface area (Å²) in [6, 6.07) is 13.6. The lowest BCUT2D eigenvalue weighted by Gasteiger charge is -2.21. The van der Waals surface area contributed by atoms with Crippen LogP contribution < -0.4 is 20.9 Å². The van der Waals surface area contributed by atoms with Crippen molar-refractivity contribution in [2.24, 2.45) is 0 Å². The van der Waals surface area contributed by atoms with E-state index in [0.717, 1.165) is 0 Å². The number of nitrogens with one attached hydrogen (secondary N) is 3. The molecule has 0 heterocycles. The van der Waals surface area contributed by atoms with Crippen LogP contribution in [0.3, 0.4) is 0 Å². The normalized spacial score (nSPS) is 10.0. The molecule has 152 valence electrons. The number of nitrogens with zero attached hydrogens (tertiary/aromatic N) is 1. The molecular formula is C21H24N4O4. The van der Waals surface area contributed by atoms with Crippen LogP contribution in [0.4, 0.5) is 22.7 Å². The molecule has 0 aliphatic rings. The third-order valence-electron chi connectivity index (χ3n) is 3.91. The van der Waals surface area contributed by atoms with E-state index in [1.807, 2.05) is 0 Å². The van der Waals surface area contributed by atoms with Crippen LogP contribution in [0.15, 0.2) is 48.5 Å². The van der Waals surface area contributed by atoms with Crippen LogP contribution in [0, 0.1) is 0 Å². The van der Waals surface area contributed by atoms with E-state index in [2.05, 4.69) is 16.0 Å². The van der Waals surface area contributed by atoms with Crippen molar-refractivity contribution in [1.82, 2.24) is 0 Å². The number of rotatable bonds is 7. The summed E-state index contributed by atoms with van der Waals surface area (Å²) in [5.41, 5.74) is 2.39. The summed E-state index contributed by atoms with van der Waals surface area (Å²) < 4.78 is 0. The van der Waals surface area contributed by atoms with Crippen molar-refractivity contribution < 1.29 is 19.2 Å². The molecule has 2 aromatic rings. The molecule has 2 rings (SSSR count). The minimum absolute atomic E-state index is 0.0946. The average molecular weight is 396 g/mol. The fraction of sp³-hybridized carbons (Fsp3) is 0.238. The number of anilines is 4. The summed E-state index contributed by atoms with van der Waals surface area (Å²) in [4.78, 5) is 48.1. The van der Waals surface area contributed by atoms with E-state index in [1.165, 1.54) is 25.7 Å². The lowest BCUT2D eigenvalue weighted by molar-refractivity contribution is -0.117. The predicted molar refractivity (Wildman–Crippen MR) is 113 cm³/mol. The molecule has 0 atom stereocenters. The molecule has 0 unspecified atom stereocenters. The largest absolute Gasteiger partial charge is 0.326 e. The zero-order chi connectivity index (χ0) is 21.4. The first-order chi connectivity index (χ1) is 13.7. The lowest BCUT2D eigenvalue weighted by atomic mass is 10.2. The van der Waals surface area contributed by atoms with Crippen LogP contribution in [0.1, 0.15) is 27.2 Å². The van der Waals surface area contributed by atoms with Crippen LogP contribution in [-0.4, -0.2) is 30.2 Å². The molecule has 0 aromatic heterocycles. The molecule has 8 heteroatoms. The molecule has 0 radical (unpaired) electrons. The Morgan fingerprint density at radius 3 is 1.86 bits per heavy atom. The fourth-order valence-corrected chi connectivity index (χ4v) is 2.70. The summed E-state index contributed by atoms with van der Waals surface area (Å²) in [6.45, 7) is 4.43. The Hall–Kier alpha value is -3.68. The van der Waals surface area contributed by atoms with Crippen molar-refractivity contribution in [3.05, 3.63) is 48.5 Å². The van der Waals surface area contributed by atoms with Gasteiger partial charge < -0.3 is 20.9 Å². The molecule has 8 nitrogen and oxygen atoms in total.